The van der Waals surface area contributed by atoms with Crippen molar-refractivity contribution in [3.8, 4) is 0 Å². The molecule has 0 atom stereocenters. The number of rotatable bonds is 4. The lowest BCUT2D eigenvalue weighted by Gasteiger charge is -2.22. The van der Waals surface area contributed by atoms with Gasteiger partial charge in [0.05, 0.1) is 6.61 Å². The van der Waals surface area contributed by atoms with E-state index in [1.54, 1.807) is 23.6 Å². The van der Waals surface area contributed by atoms with Crippen LogP contribution in [0.1, 0.15) is 49.5 Å². The van der Waals surface area contributed by atoms with Gasteiger partial charge < -0.3 is 10.1 Å². The molecule has 0 bridgehead atoms. The average molecular weight is 330 g/mol. The third-order valence-electron chi connectivity index (χ3n) is 4.17. The molecule has 0 radical (unpaired) electrons. The SMILES string of the molecule is CCOC(=O)c1nc2ccccn2c1NC(=O)NC1CCCCC1. The van der Waals surface area contributed by atoms with Crippen LogP contribution in [0, 0.1) is 0 Å². The lowest BCUT2D eigenvalue weighted by atomic mass is 9.96. The Kier molecular flexibility index (Phi) is 4.98. The van der Waals surface area contributed by atoms with Gasteiger partial charge in [0.25, 0.3) is 0 Å². The van der Waals surface area contributed by atoms with Gasteiger partial charge in [-0.15, -0.1) is 0 Å². The van der Waals surface area contributed by atoms with Gasteiger partial charge in [0, 0.05) is 12.2 Å². The van der Waals surface area contributed by atoms with E-state index in [0.717, 1.165) is 25.7 Å². The molecule has 0 aromatic carbocycles. The maximum absolute atomic E-state index is 12.3. The van der Waals surface area contributed by atoms with Crippen molar-refractivity contribution in [2.75, 3.05) is 11.9 Å². The highest BCUT2D eigenvalue weighted by atomic mass is 16.5. The van der Waals surface area contributed by atoms with Crippen LogP contribution in [0.25, 0.3) is 5.65 Å². The van der Waals surface area contributed by atoms with Gasteiger partial charge in [0.15, 0.2) is 11.5 Å². The van der Waals surface area contributed by atoms with Crippen LogP contribution in [0.2, 0.25) is 0 Å². The normalized spacial score (nSPS) is 15.2. The van der Waals surface area contributed by atoms with E-state index in [2.05, 4.69) is 15.6 Å². The predicted molar refractivity (Wildman–Crippen MR) is 90.2 cm³/mol. The number of fused-ring (bicyclic) bond motifs is 1. The molecule has 0 spiro atoms. The molecule has 2 amide bonds. The zero-order valence-electron chi connectivity index (χ0n) is 13.7. The molecule has 2 aromatic heterocycles. The fourth-order valence-electron chi connectivity index (χ4n) is 3.03. The first-order valence-corrected chi connectivity index (χ1v) is 8.40. The number of urea groups is 1. The van der Waals surface area contributed by atoms with E-state index >= 15 is 0 Å². The summed E-state index contributed by atoms with van der Waals surface area (Å²) >= 11 is 0. The van der Waals surface area contributed by atoms with Gasteiger partial charge in [-0.2, -0.15) is 0 Å². The Hall–Kier alpha value is -2.57. The second kappa shape index (κ2) is 7.33. The first-order valence-electron chi connectivity index (χ1n) is 8.40. The van der Waals surface area contributed by atoms with E-state index in [9.17, 15) is 9.59 Å². The summed E-state index contributed by atoms with van der Waals surface area (Å²) in [7, 11) is 0. The Morgan fingerprint density at radius 2 is 2.08 bits per heavy atom. The molecule has 7 nitrogen and oxygen atoms in total. The molecular weight excluding hydrogens is 308 g/mol. The Balaban J connectivity index is 1.82. The number of carbonyl (C=O) groups excluding carboxylic acids is 2. The zero-order chi connectivity index (χ0) is 16.9. The van der Waals surface area contributed by atoms with Gasteiger partial charge in [0.2, 0.25) is 0 Å². The first kappa shape index (κ1) is 16.3. The van der Waals surface area contributed by atoms with Crippen molar-refractivity contribution in [1.29, 1.82) is 0 Å². The number of esters is 1. The van der Waals surface area contributed by atoms with Gasteiger partial charge in [-0.3, -0.25) is 9.72 Å². The molecule has 2 N–H and O–H groups in total. The average Bonchev–Trinajstić information content (AvgIpc) is 2.95. The number of nitrogens with zero attached hydrogens (tertiary/aromatic N) is 2. The smallest absolute Gasteiger partial charge is 0.360 e. The number of ether oxygens (including phenoxy) is 1. The quantitative estimate of drug-likeness (QED) is 0.844. The minimum absolute atomic E-state index is 0.113. The summed E-state index contributed by atoms with van der Waals surface area (Å²) in [6.45, 7) is 1.98. The number of aromatic nitrogens is 2. The van der Waals surface area contributed by atoms with Gasteiger partial charge in [-0.1, -0.05) is 25.3 Å². The monoisotopic (exact) mass is 330 g/mol. The molecule has 1 fully saturated rings. The molecule has 7 heteroatoms. The molecule has 0 unspecified atom stereocenters. The van der Waals surface area contributed by atoms with Gasteiger partial charge >= 0.3 is 12.0 Å². The van der Waals surface area contributed by atoms with E-state index < -0.39 is 5.97 Å². The summed E-state index contributed by atoms with van der Waals surface area (Å²) in [5, 5.41) is 5.75. The molecule has 2 aromatic rings. The maximum Gasteiger partial charge on any atom is 0.360 e. The minimum Gasteiger partial charge on any atom is -0.461 e. The maximum atomic E-state index is 12.3. The number of nitrogens with one attached hydrogen (secondary N) is 2. The van der Waals surface area contributed by atoms with E-state index in [0.29, 0.717) is 11.5 Å². The van der Waals surface area contributed by atoms with Crippen molar-refractivity contribution in [2.24, 2.45) is 0 Å². The fourth-order valence-corrected chi connectivity index (χ4v) is 3.03. The van der Waals surface area contributed by atoms with Crippen LogP contribution in [-0.2, 0) is 4.74 Å². The van der Waals surface area contributed by atoms with Crippen LogP contribution in [0.4, 0.5) is 10.6 Å². The summed E-state index contributed by atoms with van der Waals surface area (Å²) < 4.78 is 6.72. The highest BCUT2D eigenvalue weighted by Crippen LogP contribution is 2.20. The molecule has 0 aliphatic heterocycles. The van der Waals surface area contributed by atoms with E-state index in [-0.39, 0.29) is 24.4 Å². The molecule has 3 rings (SSSR count). The number of anilines is 1. The molecule has 1 aliphatic rings. The lowest BCUT2D eigenvalue weighted by Crippen LogP contribution is -2.39. The third kappa shape index (κ3) is 3.50. The topological polar surface area (TPSA) is 84.7 Å². The second-order valence-electron chi connectivity index (χ2n) is 5.89. The lowest BCUT2D eigenvalue weighted by molar-refractivity contribution is 0.0521. The predicted octanol–water partition coefficient (Wildman–Crippen LogP) is 2.97. The standard InChI is InChI=1S/C17H22N4O3/c1-2-24-16(22)14-15(21-11-7-6-10-13(21)19-14)20-17(23)18-12-8-4-3-5-9-12/h6-7,10-12H,2-5,8-9H2,1H3,(H2,18,20,23). The zero-order valence-corrected chi connectivity index (χ0v) is 13.7. The highest BCUT2D eigenvalue weighted by Gasteiger charge is 2.23. The van der Waals surface area contributed by atoms with Crippen molar-refractivity contribution in [2.45, 2.75) is 45.1 Å². The van der Waals surface area contributed by atoms with Crippen molar-refractivity contribution >= 4 is 23.5 Å². The number of carbonyl (C=O) groups is 2. The highest BCUT2D eigenvalue weighted by molar-refractivity contribution is 5.99. The molecule has 0 saturated heterocycles. The van der Waals surface area contributed by atoms with Crippen molar-refractivity contribution < 1.29 is 14.3 Å². The largest absolute Gasteiger partial charge is 0.461 e. The Morgan fingerprint density at radius 1 is 1.29 bits per heavy atom. The summed E-state index contributed by atoms with van der Waals surface area (Å²) in [5.41, 5.74) is 0.690. The van der Waals surface area contributed by atoms with Gasteiger partial charge in [0.1, 0.15) is 5.65 Å². The fraction of sp³-hybridized carbons (Fsp3) is 0.471. The van der Waals surface area contributed by atoms with Crippen molar-refractivity contribution in [3.63, 3.8) is 0 Å². The van der Waals surface area contributed by atoms with Crippen LogP contribution in [0.5, 0.6) is 0 Å². The number of hydrogen-bond donors (Lipinski definition) is 2. The number of pyridine rings is 1. The molecule has 128 valence electrons. The van der Waals surface area contributed by atoms with E-state index in [1.807, 2.05) is 12.1 Å². The number of imidazole rings is 1. The van der Waals surface area contributed by atoms with Crippen LogP contribution in [0.15, 0.2) is 24.4 Å². The molecule has 2 heterocycles. The Labute approximate surface area is 140 Å². The number of amides is 2. The first-order chi connectivity index (χ1) is 11.7. The van der Waals surface area contributed by atoms with Gasteiger partial charge in [-0.05, 0) is 31.9 Å². The molecule has 1 saturated carbocycles. The molecule has 24 heavy (non-hydrogen) atoms. The second-order valence-corrected chi connectivity index (χ2v) is 5.89. The van der Waals surface area contributed by atoms with Crippen LogP contribution < -0.4 is 10.6 Å². The molecular formula is C17H22N4O3. The van der Waals surface area contributed by atoms with Crippen LogP contribution in [0.3, 0.4) is 0 Å². The van der Waals surface area contributed by atoms with Crippen molar-refractivity contribution in [1.82, 2.24) is 14.7 Å². The van der Waals surface area contributed by atoms with E-state index in [1.165, 1.54) is 6.42 Å². The summed E-state index contributed by atoms with van der Waals surface area (Å²) in [6.07, 6.45) is 7.22. The third-order valence-corrected chi connectivity index (χ3v) is 4.17. The van der Waals surface area contributed by atoms with Gasteiger partial charge in [-0.25, -0.2) is 14.6 Å². The van der Waals surface area contributed by atoms with Crippen LogP contribution >= 0.6 is 0 Å². The molecule has 1 aliphatic carbocycles. The Bertz CT molecular complexity index is 735. The summed E-state index contributed by atoms with van der Waals surface area (Å²) in [4.78, 5) is 28.8. The summed E-state index contributed by atoms with van der Waals surface area (Å²) in [5.74, 6) is -0.216. The Morgan fingerprint density at radius 3 is 2.83 bits per heavy atom. The van der Waals surface area contributed by atoms with Crippen LogP contribution in [-0.4, -0.2) is 34.0 Å². The summed E-state index contributed by atoms with van der Waals surface area (Å²) in [6, 6.07) is 5.27. The number of hydrogen-bond acceptors (Lipinski definition) is 4. The van der Waals surface area contributed by atoms with Crippen molar-refractivity contribution in [3.05, 3.63) is 30.1 Å². The minimum atomic E-state index is -0.547. The van der Waals surface area contributed by atoms with E-state index in [4.69, 9.17) is 4.74 Å².